The maximum Gasteiger partial charge on any atom is 0.153 e. The van der Waals surface area contributed by atoms with Gasteiger partial charge in [0.05, 0.1) is 5.54 Å². The van der Waals surface area contributed by atoms with E-state index in [0.29, 0.717) is 12.2 Å². The first-order valence-electron chi connectivity index (χ1n) is 8.47. The number of carbonyl (C=O) groups is 1. The Kier molecular flexibility index (Phi) is 4.43. The van der Waals surface area contributed by atoms with E-state index in [1.54, 1.807) is 0 Å². The molecule has 0 N–H and O–H groups in total. The van der Waals surface area contributed by atoms with Crippen molar-refractivity contribution in [3.63, 3.8) is 0 Å². The third-order valence-electron chi connectivity index (χ3n) is 5.41. The molecule has 1 saturated heterocycles. The molecule has 0 aromatic carbocycles. The minimum atomic E-state index is -0.133. The molecule has 0 radical (unpaired) electrons. The van der Waals surface area contributed by atoms with Crippen LogP contribution in [0.4, 0.5) is 0 Å². The molecule has 2 heterocycles. The molecule has 116 valence electrons. The number of imidazole rings is 1. The highest BCUT2D eigenvalue weighted by Crippen LogP contribution is 2.38. The standard InChI is InChI=1S/C17H27N3O/c1-19-14-11-18-16(19)8-7-15(21)17(9-3-4-10-17)20-12-5-2-6-13-20/h11,14H,2-10,12-13H2,1H3. The fraction of sp³-hybridized carbons (Fsp3) is 0.765. The quantitative estimate of drug-likeness (QED) is 0.836. The summed E-state index contributed by atoms with van der Waals surface area (Å²) in [5, 5.41) is 0. The average Bonchev–Trinajstić information content (AvgIpc) is 3.16. The lowest BCUT2D eigenvalue weighted by atomic mass is 9.85. The van der Waals surface area contributed by atoms with Crippen LogP contribution in [0, 0.1) is 0 Å². The number of aromatic nitrogens is 2. The number of likely N-dealkylation sites (tertiary alicyclic amines) is 1. The van der Waals surface area contributed by atoms with Gasteiger partial charge in [0.25, 0.3) is 0 Å². The SMILES string of the molecule is Cn1ccnc1CCC(=O)C1(N2CCCCC2)CCCC1. The molecule has 1 saturated carbocycles. The van der Waals surface area contributed by atoms with E-state index in [2.05, 4.69) is 9.88 Å². The molecule has 2 aliphatic rings. The lowest BCUT2D eigenvalue weighted by Crippen LogP contribution is -2.54. The van der Waals surface area contributed by atoms with Crippen LogP contribution >= 0.6 is 0 Å². The lowest BCUT2D eigenvalue weighted by molar-refractivity contribution is -0.132. The van der Waals surface area contributed by atoms with Crippen molar-refractivity contribution >= 4 is 5.78 Å². The van der Waals surface area contributed by atoms with Gasteiger partial charge in [-0.15, -0.1) is 0 Å². The summed E-state index contributed by atoms with van der Waals surface area (Å²) < 4.78 is 2.02. The summed E-state index contributed by atoms with van der Waals surface area (Å²) in [6, 6.07) is 0. The number of hydrogen-bond acceptors (Lipinski definition) is 3. The van der Waals surface area contributed by atoms with Gasteiger partial charge in [0, 0.05) is 32.3 Å². The van der Waals surface area contributed by atoms with Crippen molar-refractivity contribution in [2.45, 2.75) is 63.3 Å². The van der Waals surface area contributed by atoms with Gasteiger partial charge in [0.2, 0.25) is 0 Å². The van der Waals surface area contributed by atoms with E-state index in [0.717, 1.165) is 38.2 Å². The van der Waals surface area contributed by atoms with E-state index in [1.165, 1.54) is 32.1 Å². The molecule has 4 heteroatoms. The Balaban J connectivity index is 1.68. The molecule has 0 atom stereocenters. The van der Waals surface area contributed by atoms with Gasteiger partial charge in [-0.3, -0.25) is 9.69 Å². The van der Waals surface area contributed by atoms with Gasteiger partial charge in [0.15, 0.2) is 5.78 Å². The molecule has 3 rings (SSSR count). The second kappa shape index (κ2) is 6.30. The predicted molar refractivity (Wildman–Crippen MR) is 83.2 cm³/mol. The van der Waals surface area contributed by atoms with Crippen molar-refractivity contribution in [1.29, 1.82) is 0 Å². The second-order valence-corrected chi connectivity index (χ2v) is 6.66. The molecular weight excluding hydrogens is 262 g/mol. The third-order valence-corrected chi connectivity index (χ3v) is 5.41. The van der Waals surface area contributed by atoms with Gasteiger partial charge in [-0.1, -0.05) is 19.3 Å². The smallest absolute Gasteiger partial charge is 0.153 e. The number of aryl methyl sites for hydroxylation is 2. The highest BCUT2D eigenvalue weighted by atomic mass is 16.1. The highest BCUT2D eigenvalue weighted by molar-refractivity contribution is 5.88. The third kappa shape index (κ3) is 2.91. The summed E-state index contributed by atoms with van der Waals surface area (Å²) in [4.78, 5) is 19.9. The lowest BCUT2D eigenvalue weighted by Gasteiger charge is -2.42. The number of ketones is 1. The molecule has 2 fully saturated rings. The first-order valence-corrected chi connectivity index (χ1v) is 8.47. The van der Waals surface area contributed by atoms with E-state index < -0.39 is 0 Å². The number of piperidine rings is 1. The molecule has 1 aliphatic heterocycles. The monoisotopic (exact) mass is 289 g/mol. The molecule has 1 aromatic heterocycles. The minimum absolute atomic E-state index is 0.133. The molecule has 1 aliphatic carbocycles. The fourth-order valence-corrected chi connectivity index (χ4v) is 4.15. The topological polar surface area (TPSA) is 38.1 Å². The summed E-state index contributed by atoms with van der Waals surface area (Å²) in [5.41, 5.74) is -0.133. The maximum atomic E-state index is 13.0. The number of hydrogen-bond donors (Lipinski definition) is 0. The zero-order valence-corrected chi connectivity index (χ0v) is 13.2. The van der Waals surface area contributed by atoms with Crippen LogP contribution in [0.1, 0.15) is 57.2 Å². The van der Waals surface area contributed by atoms with Crippen molar-refractivity contribution in [3.05, 3.63) is 18.2 Å². The van der Waals surface area contributed by atoms with E-state index in [9.17, 15) is 4.79 Å². The van der Waals surface area contributed by atoms with Gasteiger partial charge >= 0.3 is 0 Å². The van der Waals surface area contributed by atoms with Crippen molar-refractivity contribution < 1.29 is 4.79 Å². The van der Waals surface area contributed by atoms with Gasteiger partial charge in [-0.2, -0.15) is 0 Å². The van der Waals surface area contributed by atoms with E-state index in [1.807, 2.05) is 24.0 Å². The molecular formula is C17H27N3O. The van der Waals surface area contributed by atoms with Gasteiger partial charge in [0.1, 0.15) is 5.82 Å². The Labute approximate surface area is 127 Å². The zero-order chi connectivity index (χ0) is 14.7. The van der Waals surface area contributed by atoms with Crippen LogP contribution < -0.4 is 0 Å². The predicted octanol–water partition coefficient (Wildman–Crippen LogP) is 2.72. The second-order valence-electron chi connectivity index (χ2n) is 6.66. The molecule has 0 amide bonds. The molecule has 0 spiro atoms. The largest absolute Gasteiger partial charge is 0.338 e. The Hall–Kier alpha value is -1.16. The van der Waals surface area contributed by atoms with Crippen molar-refractivity contribution in [3.8, 4) is 0 Å². The van der Waals surface area contributed by atoms with Gasteiger partial charge in [-0.25, -0.2) is 4.98 Å². The van der Waals surface area contributed by atoms with E-state index >= 15 is 0 Å². The van der Waals surface area contributed by atoms with E-state index in [-0.39, 0.29) is 5.54 Å². The van der Waals surface area contributed by atoms with Crippen LogP contribution in [0.3, 0.4) is 0 Å². The number of nitrogens with zero attached hydrogens (tertiary/aromatic N) is 3. The summed E-state index contributed by atoms with van der Waals surface area (Å²) in [6.45, 7) is 2.24. The zero-order valence-electron chi connectivity index (χ0n) is 13.2. The van der Waals surface area contributed by atoms with Crippen molar-refractivity contribution in [2.24, 2.45) is 7.05 Å². The summed E-state index contributed by atoms with van der Waals surface area (Å²) in [7, 11) is 2.00. The molecule has 1 aromatic rings. The number of rotatable bonds is 5. The number of Topliss-reactive ketones (excluding diaryl/α,β-unsaturated/α-hetero) is 1. The fourth-order valence-electron chi connectivity index (χ4n) is 4.15. The normalized spacial score (nSPS) is 22.5. The van der Waals surface area contributed by atoms with Gasteiger partial charge < -0.3 is 4.57 Å². The highest BCUT2D eigenvalue weighted by Gasteiger charge is 2.45. The van der Waals surface area contributed by atoms with Crippen LogP contribution in [0.5, 0.6) is 0 Å². The Morgan fingerprint density at radius 2 is 1.90 bits per heavy atom. The molecule has 4 nitrogen and oxygen atoms in total. The van der Waals surface area contributed by atoms with Crippen LogP contribution in [0.15, 0.2) is 12.4 Å². The molecule has 21 heavy (non-hydrogen) atoms. The maximum absolute atomic E-state index is 13.0. The minimum Gasteiger partial charge on any atom is -0.338 e. The van der Waals surface area contributed by atoms with E-state index in [4.69, 9.17) is 0 Å². The summed E-state index contributed by atoms with van der Waals surface area (Å²) >= 11 is 0. The van der Waals surface area contributed by atoms with Gasteiger partial charge in [-0.05, 0) is 38.8 Å². The van der Waals surface area contributed by atoms with Crippen molar-refractivity contribution in [1.82, 2.24) is 14.5 Å². The molecule has 0 unspecified atom stereocenters. The van der Waals surface area contributed by atoms with Crippen LogP contribution in [-0.2, 0) is 18.3 Å². The Bertz CT molecular complexity index is 482. The van der Waals surface area contributed by atoms with Crippen LogP contribution in [-0.4, -0.2) is 38.9 Å². The van der Waals surface area contributed by atoms with Crippen LogP contribution in [0.25, 0.3) is 0 Å². The van der Waals surface area contributed by atoms with Crippen LogP contribution in [0.2, 0.25) is 0 Å². The first kappa shape index (κ1) is 14.8. The summed E-state index contributed by atoms with van der Waals surface area (Å²) in [5.74, 6) is 1.49. The first-order chi connectivity index (χ1) is 10.2. The Morgan fingerprint density at radius 3 is 2.52 bits per heavy atom. The van der Waals surface area contributed by atoms with Crippen molar-refractivity contribution in [2.75, 3.05) is 13.1 Å². The average molecular weight is 289 g/mol. The Morgan fingerprint density at radius 1 is 1.19 bits per heavy atom. The molecule has 0 bridgehead atoms. The summed E-state index contributed by atoms with van der Waals surface area (Å²) in [6.07, 6.45) is 13.6. The number of carbonyl (C=O) groups excluding carboxylic acids is 1.